The lowest BCUT2D eigenvalue weighted by Gasteiger charge is -2.26. The third-order valence-electron chi connectivity index (χ3n) is 4.07. The van der Waals surface area contributed by atoms with Gasteiger partial charge in [0.25, 0.3) is 0 Å². The predicted molar refractivity (Wildman–Crippen MR) is 78.6 cm³/mol. The van der Waals surface area contributed by atoms with Crippen molar-refractivity contribution in [1.29, 1.82) is 0 Å². The van der Waals surface area contributed by atoms with Crippen LogP contribution in [0.4, 0.5) is 11.4 Å². The number of nitrogens with zero attached hydrogens (tertiary/aromatic N) is 1. The zero-order valence-electron chi connectivity index (χ0n) is 11.6. The first kappa shape index (κ1) is 13.4. The third kappa shape index (κ3) is 1.98. The van der Waals surface area contributed by atoms with Gasteiger partial charge in [-0.15, -0.1) is 0 Å². The minimum Gasteiger partial charge on any atom is -0.311 e. The summed E-state index contributed by atoms with van der Waals surface area (Å²) in [7, 11) is -3.29. The van der Waals surface area contributed by atoms with Crippen LogP contribution in [0.2, 0.25) is 0 Å². The van der Waals surface area contributed by atoms with E-state index in [0.717, 1.165) is 36.2 Å². The Bertz CT molecular complexity index is 682. The highest BCUT2D eigenvalue weighted by Crippen LogP contribution is 2.44. The van der Waals surface area contributed by atoms with Gasteiger partial charge in [0.1, 0.15) is 0 Å². The largest absolute Gasteiger partial charge is 0.311 e. The highest BCUT2D eigenvalue weighted by atomic mass is 32.2. The maximum Gasteiger partial charge on any atom is 0.234 e. The summed E-state index contributed by atoms with van der Waals surface area (Å²) in [6.45, 7) is 4.26. The number of benzene rings is 1. The van der Waals surface area contributed by atoms with Crippen molar-refractivity contribution >= 4 is 27.3 Å². The molecular formula is C14H18N2O3S. The van der Waals surface area contributed by atoms with Crippen molar-refractivity contribution in [3.63, 3.8) is 0 Å². The maximum absolute atomic E-state index is 12.2. The van der Waals surface area contributed by atoms with Gasteiger partial charge in [-0.2, -0.15) is 0 Å². The third-order valence-corrected chi connectivity index (χ3v) is 5.38. The second-order valence-electron chi connectivity index (χ2n) is 5.39. The Kier molecular flexibility index (Phi) is 3.01. The minimum absolute atomic E-state index is 0.0417. The highest BCUT2D eigenvalue weighted by molar-refractivity contribution is 7.92. The number of carbonyl (C=O) groups excluding carboxylic acids is 1. The fourth-order valence-corrected chi connectivity index (χ4v) is 3.63. The van der Waals surface area contributed by atoms with Crippen LogP contribution in [0.1, 0.15) is 37.3 Å². The van der Waals surface area contributed by atoms with Crippen LogP contribution in [0.3, 0.4) is 0 Å². The maximum atomic E-state index is 12.2. The number of aryl methyl sites for hydroxylation is 1. The topological polar surface area (TPSA) is 66.5 Å². The van der Waals surface area contributed by atoms with E-state index in [9.17, 15) is 13.2 Å². The smallest absolute Gasteiger partial charge is 0.234 e. The molecule has 3 rings (SSSR count). The van der Waals surface area contributed by atoms with E-state index >= 15 is 0 Å². The molecule has 0 saturated carbocycles. The molecule has 2 heterocycles. The Hall–Kier alpha value is -1.56. The summed E-state index contributed by atoms with van der Waals surface area (Å²) in [6, 6.07) is 3.67. The number of sulfonamides is 1. The number of hydrogen-bond donors (Lipinski definition) is 1. The second-order valence-corrected chi connectivity index (χ2v) is 7.40. The number of anilines is 2. The summed E-state index contributed by atoms with van der Waals surface area (Å²) in [4.78, 5) is 14.1. The lowest BCUT2D eigenvalue weighted by Crippen LogP contribution is -2.32. The number of carbonyl (C=O) groups is 1. The fourth-order valence-electron chi connectivity index (χ4n) is 3.01. The van der Waals surface area contributed by atoms with E-state index in [4.69, 9.17) is 0 Å². The van der Waals surface area contributed by atoms with Crippen LogP contribution in [0.5, 0.6) is 0 Å². The summed E-state index contributed by atoms with van der Waals surface area (Å²) in [5, 5.41) is 0. The highest BCUT2D eigenvalue weighted by Gasteiger charge is 2.38. The van der Waals surface area contributed by atoms with E-state index in [1.54, 1.807) is 13.0 Å². The molecule has 2 aliphatic heterocycles. The average Bonchev–Trinajstić information content (AvgIpc) is 2.66. The monoisotopic (exact) mass is 294 g/mol. The lowest BCUT2D eigenvalue weighted by molar-refractivity contribution is -0.119. The van der Waals surface area contributed by atoms with Crippen molar-refractivity contribution in [1.82, 2.24) is 0 Å². The summed E-state index contributed by atoms with van der Waals surface area (Å²) < 4.78 is 26.0. The zero-order chi connectivity index (χ0) is 14.5. The number of hydrogen-bond acceptors (Lipinski definition) is 3. The molecule has 5 nitrogen and oxygen atoms in total. The molecule has 0 saturated heterocycles. The Morgan fingerprint density at radius 1 is 1.40 bits per heavy atom. The summed E-state index contributed by atoms with van der Waals surface area (Å²) >= 11 is 0. The van der Waals surface area contributed by atoms with Crippen LogP contribution in [-0.2, 0) is 21.2 Å². The van der Waals surface area contributed by atoms with E-state index in [0.29, 0.717) is 5.69 Å². The Labute approximate surface area is 119 Å². The molecule has 0 fully saturated rings. The first-order valence-electron chi connectivity index (χ1n) is 6.91. The molecule has 6 heteroatoms. The van der Waals surface area contributed by atoms with Crippen molar-refractivity contribution in [2.75, 3.05) is 21.9 Å². The number of nitrogens with one attached hydrogen (secondary N) is 1. The average molecular weight is 294 g/mol. The van der Waals surface area contributed by atoms with Crippen LogP contribution in [0, 0.1) is 0 Å². The first-order valence-corrected chi connectivity index (χ1v) is 8.57. The van der Waals surface area contributed by atoms with Crippen molar-refractivity contribution in [2.45, 2.75) is 32.6 Å². The van der Waals surface area contributed by atoms with Gasteiger partial charge < -0.3 is 4.90 Å². The molecule has 0 aromatic heterocycles. The van der Waals surface area contributed by atoms with E-state index < -0.39 is 10.0 Å². The summed E-state index contributed by atoms with van der Waals surface area (Å²) in [5.74, 6) is -0.0237. The van der Waals surface area contributed by atoms with E-state index in [1.165, 1.54) is 0 Å². The summed E-state index contributed by atoms with van der Waals surface area (Å²) in [6.07, 6.45) is 1.81. The van der Waals surface area contributed by atoms with Gasteiger partial charge in [0.2, 0.25) is 15.9 Å². The zero-order valence-corrected chi connectivity index (χ0v) is 12.5. The molecule has 2 aliphatic rings. The van der Waals surface area contributed by atoms with Gasteiger partial charge in [-0.25, -0.2) is 8.42 Å². The molecular weight excluding hydrogens is 276 g/mol. The normalized spacial score (nSPS) is 21.0. The number of rotatable bonds is 3. The van der Waals surface area contributed by atoms with Crippen molar-refractivity contribution in [3.05, 3.63) is 23.3 Å². The molecule has 1 atom stereocenters. The van der Waals surface area contributed by atoms with E-state index in [1.807, 2.05) is 17.9 Å². The van der Waals surface area contributed by atoms with Gasteiger partial charge >= 0.3 is 0 Å². The summed E-state index contributed by atoms with van der Waals surface area (Å²) in [5.41, 5.74) is 3.60. The van der Waals surface area contributed by atoms with Crippen LogP contribution < -0.4 is 9.62 Å². The Balaban J connectivity index is 2.09. The molecule has 0 aliphatic carbocycles. The number of amides is 1. The van der Waals surface area contributed by atoms with Crippen LogP contribution in [0.25, 0.3) is 0 Å². The Morgan fingerprint density at radius 3 is 2.85 bits per heavy atom. The van der Waals surface area contributed by atoms with E-state index in [-0.39, 0.29) is 17.6 Å². The van der Waals surface area contributed by atoms with Gasteiger partial charge in [-0.1, -0.05) is 0 Å². The van der Waals surface area contributed by atoms with Gasteiger partial charge in [0.15, 0.2) is 0 Å². The van der Waals surface area contributed by atoms with Crippen LogP contribution >= 0.6 is 0 Å². The van der Waals surface area contributed by atoms with Crippen molar-refractivity contribution < 1.29 is 13.2 Å². The first-order chi connectivity index (χ1) is 9.43. The quantitative estimate of drug-likeness (QED) is 0.925. The van der Waals surface area contributed by atoms with Gasteiger partial charge in [-0.05, 0) is 49.9 Å². The molecule has 0 bridgehead atoms. The molecule has 1 amide bonds. The predicted octanol–water partition coefficient (Wildman–Crippen LogP) is 1.84. The standard InChI is InChI=1S/C14H18N2O3S/c1-3-20(18,19)15-11-7-10-5-4-6-16-13(10)12(8-11)9(2)14(16)17/h7-9,15H,3-6H2,1-2H3/t9-/m1/s1. The molecule has 20 heavy (non-hydrogen) atoms. The fraction of sp³-hybridized carbons (Fsp3) is 0.500. The van der Waals surface area contributed by atoms with Gasteiger partial charge in [-0.3, -0.25) is 9.52 Å². The molecule has 1 aromatic carbocycles. The van der Waals surface area contributed by atoms with Crippen LogP contribution in [0.15, 0.2) is 12.1 Å². The van der Waals surface area contributed by atoms with Crippen molar-refractivity contribution in [2.24, 2.45) is 0 Å². The molecule has 108 valence electrons. The Morgan fingerprint density at radius 2 is 2.15 bits per heavy atom. The molecule has 0 radical (unpaired) electrons. The molecule has 0 unspecified atom stereocenters. The molecule has 1 aromatic rings. The molecule has 0 spiro atoms. The minimum atomic E-state index is -3.29. The van der Waals surface area contributed by atoms with Crippen LogP contribution in [-0.4, -0.2) is 26.6 Å². The van der Waals surface area contributed by atoms with Gasteiger partial charge in [0.05, 0.1) is 17.4 Å². The molecule has 1 N–H and O–H groups in total. The second kappa shape index (κ2) is 4.48. The van der Waals surface area contributed by atoms with Gasteiger partial charge in [0, 0.05) is 12.2 Å². The lowest BCUT2D eigenvalue weighted by atomic mass is 9.96. The SMILES string of the molecule is CCS(=O)(=O)Nc1cc2c3c(c1)[C@@H](C)C(=O)N3CCC2. The van der Waals surface area contributed by atoms with Crippen molar-refractivity contribution in [3.8, 4) is 0 Å². The van der Waals surface area contributed by atoms with E-state index in [2.05, 4.69) is 4.72 Å².